The van der Waals surface area contributed by atoms with Crippen LogP contribution in [-0.2, 0) is 19.1 Å². The Hall–Kier alpha value is -2.97. The van der Waals surface area contributed by atoms with Crippen LogP contribution in [0, 0.1) is 6.92 Å². The largest absolute Gasteiger partial charge is 0.466 e. The number of allylic oxidation sites excluding steroid dienone is 1. The quantitative estimate of drug-likeness (QED) is 0.483. The molecule has 0 saturated carbocycles. The lowest BCUT2D eigenvalue weighted by atomic mass is 9.98. The second-order valence-electron chi connectivity index (χ2n) is 8.88. The molecule has 9 nitrogen and oxygen atoms in total. The van der Waals surface area contributed by atoms with Gasteiger partial charge in [0.15, 0.2) is 0 Å². The SMILES string of the molecule is CCOC(=O)CC(/C=C/CN1C(=O)C(NC(=O)OC(C)(C)C)CC1C)c1cnc(C)nc1. The van der Waals surface area contributed by atoms with Gasteiger partial charge in [0.25, 0.3) is 0 Å². The number of carbonyl (C=O) groups is 3. The van der Waals surface area contributed by atoms with Crippen LogP contribution in [0.4, 0.5) is 4.79 Å². The van der Waals surface area contributed by atoms with Crippen molar-refractivity contribution in [2.24, 2.45) is 0 Å². The summed E-state index contributed by atoms with van der Waals surface area (Å²) in [6, 6.07) is -0.660. The number of ether oxygens (including phenoxy) is 2. The zero-order valence-corrected chi connectivity index (χ0v) is 19.8. The molecule has 0 aliphatic carbocycles. The van der Waals surface area contributed by atoms with E-state index in [1.807, 2.05) is 19.1 Å². The number of aryl methyl sites for hydroxylation is 1. The summed E-state index contributed by atoms with van der Waals surface area (Å²) in [5, 5.41) is 2.66. The van der Waals surface area contributed by atoms with Crippen molar-refractivity contribution in [2.45, 2.75) is 78.0 Å². The number of hydrogen-bond acceptors (Lipinski definition) is 7. The minimum Gasteiger partial charge on any atom is -0.466 e. The highest BCUT2D eigenvalue weighted by atomic mass is 16.6. The molecule has 1 aliphatic rings. The van der Waals surface area contributed by atoms with E-state index in [0.29, 0.717) is 25.4 Å². The monoisotopic (exact) mass is 446 g/mol. The van der Waals surface area contributed by atoms with Crippen LogP contribution < -0.4 is 5.32 Å². The van der Waals surface area contributed by atoms with Gasteiger partial charge in [-0.2, -0.15) is 0 Å². The first-order chi connectivity index (χ1) is 15.0. The fraction of sp³-hybridized carbons (Fsp3) is 0.609. The van der Waals surface area contributed by atoms with E-state index >= 15 is 0 Å². The van der Waals surface area contributed by atoms with Gasteiger partial charge in [0.1, 0.15) is 17.5 Å². The van der Waals surface area contributed by atoms with Crippen LogP contribution in [0.2, 0.25) is 0 Å². The first-order valence-electron chi connectivity index (χ1n) is 10.9. The molecular weight excluding hydrogens is 412 g/mol. The number of nitrogens with zero attached hydrogens (tertiary/aromatic N) is 3. The molecule has 1 aliphatic heterocycles. The van der Waals surface area contributed by atoms with Crippen molar-refractivity contribution in [1.29, 1.82) is 0 Å². The Morgan fingerprint density at radius 1 is 1.31 bits per heavy atom. The van der Waals surface area contributed by atoms with Crippen LogP contribution in [-0.4, -0.2) is 63.7 Å². The van der Waals surface area contributed by atoms with Crippen molar-refractivity contribution in [2.75, 3.05) is 13.2 Å². The molecule has 0 radical (unpaired) electrons. The number of hydrogen-bond donors (Lipinski definition) is 1. The number of rotatable bonds is 8. The van der Waals surface area contributed by atoms with Crippen molar-refractivity contribution in [3.63, 3.8) is 0 Å². The summed E-state index contributed by atoms with van der Waals surface area (Å²) in [6.07, 6.45) is 7.18. The van der Waals surface area contributed by atoms with Crippen LogP contribution in [0.15, 0.2) is 24.5 Å². The lowest BCUT2D eigenvalue weighted by Gasteiger charge is -2.22. The van der Waals surface area contributed by atoms with E-state index in [9.17, 15) is 14.4 Å². The molecule has 1 N–H and O–H groups in total. The van der Waals surface area contributed by atoms with Gasteiger partial charge in [-0.15, -0.1) is 0 Å². The third-order valence-electron chi connectivity index (χ3n) is 4.97. The number of esters is 1. The lowest BCUT2D eigenvalue weighted by molar-refractivity contribution is -0.143. The highest BCUT2D eigenvalue weighted by Crippen LogP contribution is 2.23. The van der Waals surface area contributed by atoms with Gasteiger partial charge in [-0.25, -0.2) is 14.8 Å². The van der Waals surface area contributed by atoms with E-state index in [-0.39, 0.29) is 30.3 Å². The number of carbonyl (C=O) groups excluding carboxylic acids is 3. The van der Waals surface area contributed by atoms with Crippen LogP contribution in [0.25, 0.3) is 0 Å². The molecule has 3 unspecified atom stereocenters. The van der Waals surface area contributed by atoms with E-state index in [1.165, 1.54) is 0 Å². The average molecular weight is 447 g/mol. The molecular formula is C23H34N4O5. The maximum absolute atomic E-state index is 12.8. The molecule has 2 rings (SSSR count). The van der Waals surface area contributed by atoms with E-state index in [2.05, 4.69) is 15.3 Å². The van der Waals surface area contributed by atoms with Crippen LogP contribution >= 0.6 is 0 Å². The maximum Gasteiger partial charge on any atom is 0.408 e. The van der Waals surface area contributed by atoms with Gasteiger partial charge >= 0.3 is 12.1 Å². The highest BCUT2D eigenvalue weighted by molar-refractivity contribution is 5.88. The molecule has 1 aromatic heterocycles. The zero-order chi connectivity index (χ0) is 23.9. The van der Waals surface area contributed by atoms with Crippen molar-refractivity contribution in [3.8, 4) is 0 Å². The first-order valence-corrected chi connectivity index (χ1v) is 10.9. The van der Waals surface area contributed by atoms with E-state index < -0.39 is 17.7 Å². The predicted octanol–water partition coefficient (Wildman–Crippen LogP) is 2.89. The average Bonchev–Trinajstić information content (AvgIpc) is 2.93. The normalized spacial score (nSPS) is 19.8. The van der Waals surface area contributed by atoms with Crippen LogP contribution in [0.3, 0.4) is 0 Å². The number of amides is 2. The molecule has 9 heteroatoms. The molecule has 0 bridgehead atoms. The van der Waals surface area contributed by atoms with Gasteiger partial charge < -0.3 is 19.7 Å². The fourth-order valence-corrected chi connectivity index (χ4v) is 3.46. The minimum atomic E-state index is -0.632. The smallest absolute Gasteiger partial charge is 0.408 e. The molecule has 1 fully saturated rings. The third-order valence-corrected chi connectivity index (χ3v) is 4.97. The summed E-state index contributed by atoms with van der Waals surface area (Å²) in [6.45, 7) is 11.5. The number of nitrogens with one attached hydrogen (secondary N) is 1. The Labute approximate surface area is 189 Å². The summed E-state index contributed by atoms with van der Waals surface area (Å²) in [7, 11) is 0. The summed E-state index contributed by atoms with van der Waals surface area (Å²) >= 11 is 0. The van der Waals surface area contributed by atoms with Crippen molar-refractivity contribution in [1.82, 2.24) is 20.2 Å². The number of likely N-dealkylation sites (tertiary alicyclic amines) is 1. The molecule has 32 heavy (non-hydrogen) atoms. The number of alkyl carbamates (subject to hydrolysis) is 1. The molecule has 0 aromatic carbocycles. The topological polar surface area (TPSA) is 111 Å². The molecule has 3 atom stereocenters. The Balaban J connectivity index is 2.03. The maximum atomic E-state index is 12.8. The van der Waals surface area contributed by atoms with Crippen molar-refractivity contribution in [3.05, 3.63) is 35.9 Å². The Kier molecular flexibility index (Phi) is 8.74. The van der Waals surface area contributed by atoms with Gasteiger partial charge in [-0.05, 0) is 53.5 Å². The Morgan fingerprint density at radius 2 is 1.97 bits per heavy atom. The van der Waals surface area contributed by atoms with E-state index in [0.717, 1.165) is 5.56 Å². The summed E-state index contributed by atoms with van der Waals surface area (Å²) < 4.78 is 10.3. The summed E-state index contributed by atoms with van der Waals surface area (Å²) in [5.41, 5.74) is 0.165. The van der Waals surface area contributed by atoms with E-state index in [1.54, 1.807) is 51.9 Å². The first kappa shape index (κ1) is 25.3. The molecule has 1 saturated heterocycles. The van der Waals surface area contributed by atoms with Gasteiger partial charge in [-0.3, -0.25) is 9.59 Å². The molecule has 2 amide bonds. The second-order valence-corrected chi connectivity index (χ2v) is 8.88. The van der Waals surface area contributed by atoms with Gasteiger partial charge in [0, 0.05) is 30.9 Å². The van der Waals surface area contributed by atoms with E-state index in [4.69, 9.17) is 9.47 Å². The van der Waals surface area contributed by atoms with Gasteiger partial charge in [-0.1, -0.05) is 12.2 Å². The van der Waals surface area contributed by atoms with Gasteiger partial charge in [0.05, 0.1) is 13.0 Å². The highest BCUT2D eigenvalue weighted by Gasteiger charge is 2.38. The zero-order valence-electron chi connectivity index (χ0n) is 19.8. The predicted molar refractivity (Wildman–Crippen MR) is 119 cm³/mol. The Morgan fingerprint density at radius 3 is 2.56 bits per heavy atom. The summed E-state index contributed by atoms with van der Waals surface area (Å²) in [4.78, 5) is 47.0. The fourth-order valence-electron chi connectivity index (χ4n) is 3.46. The second kappa shape index (κ2) is 11.1. The molecule has 2 heterocycles. The third kappa shape index (κ3) is 7.62. The van der Waals surface area contributed by atoms with Crippen LogP contribution in [0.5, 0.6) is 0 Å². The standard InChI is InChI=1S/C23H34N4O5/c1-7-31-20(28)12-17(18-13-24-16(3)25-14-18)9-8-10-27-15(2)11-19(21(27)29)26-22(30)32-23(4,5)6/h8-9,13-15,17,19H,7,10-12H2,1-6H3,(H,26,30)/b9-8+. The van der Waals surface area contributed by atoms with Gasteiger partial charge in [0.2, 0.25) is 5.91 Å². The molecule has 0 spiro atoms. The number of aromatic nitrogens is 2. The van der Waals surface area contributed by atoms with Crippen molar-refractivity contribution < 1.29 is 23.9 Å². The van der Waals surface area contributed by atoms with Crippen molar-refractivity contribution >= 4 is 18.0 Å². The molecule has 176 valence electrons. The lowest BCUT2D eigenvalue weighted by Crippen LogP contribution is -2.43. The van der Waals surface area contributed by atoms with Crippen LogP contribution in [0.1, 0.15) is 64.8 Å². The molecule has 1 aromatic rings. The summed E-state index contributed by atoms with van der Waals surface area (Å²) in [5.74, 6) is -0.0884. The minimum absolute atomic E-state index is 0.0432. The Bertz CT molecular complexity index is 832.